The number of nitrogens with zero attached hydrogens (tertiary/aromatic N) is 2. The van der Waals surface area contributed by atoms with Gasteiger partial charge in [-0.1, -0.05) is 178 Å². The highest BCUT2D eigenvalue weighted by Crippen LogP contribution is 2.13. The highest BCUT2D eigenvalue weighted by atomic mass is 16.3. The zero-order valence-corrected chi connectivity index (χ0v) is 43.7. The number of unbranched alkanes of at least 4 members (excludes halogenated alkanes) is 17. The van der Waals surface area contributed by atoms with Crippen molar-refractivity contribution in [3.05, 3.63) is 12.2 Å². The minimum atomic E-state index is 0.317. The smallest absolute Gasteiger partial charge is 0.129 e. The second-order valence-electron chi connectivity index (χ2n) is 17.0. The van der Waals surface area contributed by atoms with Crippen molar-refractivity contribution in [1.29, 1.82) is 0 Å². The number of Topliss-reactive ketones (excluding diaryl/α,β-unsaturated/α-hetero) is 2. The number of hydrogen-bond donors (Lipinski definition) is 1. The first kappa shape index (κ1) is 69.7. The molecule has 0 fully saturated rings. The Hall–Kier alpha value is -1.04. The average molecular weight is 842 g/mol. The first-order valence-electron chi connectivity index (χ1n) is 26.1. The van der Waals surface area contributed by atoms with E-state index >= 15 is 0 Å². The zero-order valence-electron chi connectivity index (χ0n) is 43.7. The summed E-state index contributed by atoms with van der Waals surface area (Å²) >= 11 is 0. The van der Waals surface area contributed by atoms with E-state index in [0.717, 1.165) is 44.4 Å². The third-order valence-corrected chi connectivity index (χ3v) is 9.73. The van der Waals surface area contributed by atoms with Crippen LogP contribution in [0.2, 0.25) is 0 Å². The van der Waals surface area contributed by atoms with Gasteiger partial charge in [0.2, 0.25) is 0 Å². The van der Waals surface area contributed by atoms with Crippen LogP contribution in [-0.2, 0) is 9.59 Å². The van der Waals surface area contributed by atoms with E-state index in [-0.39, 0.29) is 0 Å². The van der Waals surface area contributed by atoms with E-state index in [9.17, 15) is 14.7 Å². The van der Waals surface area contributed by atoms with E-state index in [1.54, 1.807) is 13.8 Å². The maximum absolute atomic E-state index is 11.2. The molecule has 0 unspecified atom stereocenters. The van der Waals surface area contributed by atoms with Crippen LogP contribution in [0.4, 0.5) is 0 Å². The van der Waals surface area contributed by atoms with Gasteiger partial charge in [0, 0.05) is 19.4 Å². The molecular formula is C54H116N2O3. The van der Waals surface area contributed by atoms with Crippen LogP contribution in [0.1, 0.15) is 277 Å². The van der Waals surface area contributed by atoms with Crippen molar-refractivity contribution in [3.63, 3.8) is 0 Å². The molecule has 0 aromatic heterocycles. The first-order valence-corrected chi connectivity index (χ1v) is 26.1. The van der Waals surface area contributed by atoms with E-state index in [0.29, 0.717) is 18.2 Å². The van der Waals surface area contributed by atoms with Crippen LogP contribution < -0.4 is 0 Å². The van der Waals surface area contributed by atoms with E-state index in [1.165, 1.54) is 186 Å². The third kappa shape index (κ3) is 81.5. The van der Waals surface area contributed by atoms with Gasteiger partial charge in [0.05, 0.1) is 0 Å². The van der Waals surface area contributed by atoms with Gasteiger partial charge in [-0.3, -0.25) is 0 Å². The van der Waals surface area contributed by atoms with Crippen LogP contribution in [0.15, 0.2) is 12.2 Å². The molecule has 5 heteroatoms. The van der Waals surface area contributed by atoms with E-state index in [2.05, 4.69) is 71.8 Å². The van der Waals surface area contributed by atoms with Crippen molar-refractivity contribution in [2.45, 2.75) is 277 Å². The average Bonchev–Trinajstić information content (AvgIpc) is 3.20. The van der Waals surface area contributed by atoms with Crippen LogP contribution in [0.3, 0.4) is 0 Å². The molecule has 1 N–H and O–H groups in total. The Balaban J connectivity index is -0.000000404. The fourth-order valence-electron chi connectivity index (χ4n) is 6.11. The Kier molecular flexibility index (Phi) is 78.0. The fraction of sp³-hybridized carbons (Fsp3) is 0.926. The SMILES string of the molecule is C=C(C)CCCCCCCCN(CCCCCO)CCCN(CCCCCCCCC(C)=O)CCCCCCCCC(C)=O.CC.CC.CCC.CCC.CCC(C)C. The number of rotatable bonds is 37. The number of allylic oxidation sites excluding steroid dienone is 1. The number of ketones is 2. The molecule has 59 heavy (non-hydrogen) atoms. The summed E-state index contributed by atoms with van der Waals surface area (Å²) in [6.45, 7) is 40.2. The fourth-order valence-corrected chi connectivity index (χ4v) is 6.11. The summed E-state index contributed by atoms with van der Waals surface area (Å²) < 4.78 is 0. The maximum Gasteiger partial charge on any atom is 0.129 e. The monoisotopic (exact) mass is 841 g/mol. The van der Waals surface area contributed by atoms with Crippen LogP contribution >= 0.6 is 0 Å². The first-order chi connectivity index (χ1) is 28.4. The van der Waals surface area contributed by atoms with E-state index in [1.807, 2.05) is 27.7 Å². The molecular weight excluding hydrogens is 725 g/mol. The molecule has 0 spiro atoms. The van der Waals surface area contributed by atoms with Gasteiger partial charge >= 0.3 is 0 Å². The summed E-state index contributed by atoms with van der Waals surface area (Å²) in [5.41, 5.74) is 1.32. The largest absolute Gasteiger partial charge is 0.396 e. The second-order valence-corrected chi connectivity index (χ2v) is 17.0. The van der Waals surface area contributed by atoms with Gasteiger partial charge in [-0.25, -0.2) is 0 Å². The van der Waals surface area contributed by atoms with Crippen LogP contribution in [0, 0.1) is 5.92 Å². The summed E-state index contributed by atoms with van der Waals surface area (Å²) in [5.74, 6) is 1.53. The molecule has 0 bridgehead atoms. The van der Waals surface area contributed by atoms with Gasteiger partial charge < -0.3 is 24.5 Å². The topological polar surface area (TPSA) is 60.9 Å². The standard InChI is InChI=1S/C39H76N2O3.C5H12.2C3H8.2C2H6/c1-37(2)27-18-11-5-8-14-21-32-41(33-24-17-25-36-42)35-26-34-40(30-22-15-9-6-12-19-28-38(3)43)31-23-16-10-7-13-20-29-39(4)44;1-4-5(2)3;2*1-3-2;2*1-2/h42H,1,5-36H2,2-4H3;5H,4H2,1-3H3;2*3H2,1-2H3;2*1-2H3. The second kappa shape index (κ2) is 66.1. The summed E-state index contributed by atoms with van der Waals surface area (Å²) in [6.07, 6.45) is 33.8. The zero-order chi connectivity index (χ0) is 46.2. The van der Waals surface area contributed by atoms with Crippen molar-refractivity contribution in [3.8, 4) is 0 Å². The summed E-state index contributed by atoms with van der Waals surface area (Å²) in [5, 5.41) is 9.20. The molecule has 0 aliphatic rings. The van der Waals surface area contributed by atoms with Crippen LogP contribution in [-0.4, -0.2) is 72.3 Å². The number of hydrogen-bond acceptors (Lipinski definition) is 5. The molecule has 0 rings (SSSR count). The molecule has 0 atom stereocenters. The van der Waals surface area contributed by atoms with Crippen molar-refractivity contribution in [2.75, 3.05) is 45.9 Å². The highest BCUT2D eigenvalue weighted by molar-refractivity contribution is 5.75. The summed E-state index contributed by atoms with van der Waals surface area (Å²) in [6, 6.07) is 0. The number of carbonyl (C=O) groups excluding carboxylic acids is 2. The molecule has 0 aromatic carbocycles. The van der Waals surface area contributed by atoms with E-state index < -0.39 is 0 Å². The highest BCUT2D eigenvalue weighted by Gasteiger charge is 2.09. The lowest BCUT2D eigenvalue weighted by Crippen LogP contribution is -2.32. The number of aliphatic hydroxyl groups is 1. The van der Waals surface area contributed by atoms with Crippen molar-refractivity contribution in [1.82, 2.24) is 9.80 Å². The lowest BCUT2D eigenvalue weighted by Gasteiger charge is -2.26. The van der Waals surface area contributed by atoms with E-state index in [4.69, 9.17) is 0 Å². The number of carbonyl (C=O) groups is 2. The summed E-state index contributed by atoms with van der Waals surface area (Å²) in [7, 11) is 0. The predicted molar refractivity (Wildman–Crippen MR) is 271 cm³/mol. The van der Waals surface area contributed by atoms with Gasteiger partial charge in [0.25, 0.3) is 0 Å². The van der Waals surface area contributed by atoms with Gasteiger partial charge in [-0.2, -0.15) is 0 Å². The summed E-state index contributed by atoms with van der Waals surface area (Å²) in [4.78, 5) is 27.8. The van der Waals surface area contributed by atoms with Gasteiger partial charge in [0.15, 0.2) is 0 Å². The molecule has 360 valence electrons. The minimum absolute atomic E-state index is 0.317. The van der Waals surface area contributed by atoms with Crippen LogP contribution in [0.25, 0.3) is 0 Å². The Morgan fingerprint density at radius 1 is 0.424 bits per heavy atom. The molecule has 0 amide bonds. The molecule has 0 aliphatic heterocycles. The molecule has 0 radical (unpaired) electrons. The third-order valence-electron chi connectivity index (χ3n) is 9.73. The Morgan fingerprint density at radius 3 is 0.881 bits per heavy atom. The molecule has 5 nitrogen and oxygen atoms in total. The molecule has 0 saturated heterocycles. The van der Waals surface area contributed by atoms with Gasteiger partial charge in [-0.05, 0) is 137 Å². The Bertz CT molecular complexity index is 722. The maximum atomic E-state index is 11.2. The molecule has 0 saturated carbocycles. The molecule has 0 heterocycles. The molecule has 0 aromatic rings. The Morgan fingerprint density at radius 2 is 0.644 bits per heavy atom. The van der Waals surface area contributed by atoms with Crippen molar-refractivity contribution < 1.29 is 14.7 Å². The minimum Gasteiger partial charge on any atom is -0.396 e. The van der Waals surface area contributed by atoms with Gasteiger partial charge in [-0.15, -0.1) is 6.58 Å². The predicted octanol–water partition coefficient (Wildman–Crippen LogP) is 17.0. The lowest BCUT2D eigenvalue weighted by molar-refractivity contribution is -0.117. The molecule has 0 aliphatic carbocycles. The quantitative estimate of drug-likeness (QED) is 0.0499. The van der Waals surface area contributed by atoms with Crippen LogP contribution in [0.5, 0.6) is 0 Å². The van der Waals surface area contributed by atoms with Crippen molar-refractivity contribution in [2.24, 2.45) is 5.92 Å². The lowest BCUT2D eigenvalue weighted by atomic mass is 10.1. The van der Waals surface area contributed by atoms with Crippen molar-refractivity contribution >= 4 is 11.6 Å². The number of aliphatic hydroxyl groups excluding tert-OH is 1. The normalized spacial score (nSPS) is 10.3. The Labute approximate surface area is 375 Å². The van der Waals surface area contributed by atoms with Gasteiger partial charge in [0.1, 0.15) is 11.6 Å².